The lowest BCUT2D eigenvalue weighted by atomic mass is 10.2. The second kappa shape index (κ2) is 6.51. The van der Waals surface area contributed by atoms with E-state index in [9.17, 15) is 4.39 Å². The Morgan fingerprint density at radius 1 is 1.32 bits per heavy atom. The van der Waals surface area contributed by atoms with Gasteiger partial charge in [0.1, 0.15) is 5.82 Å². The highest BCUT2D eigenvalue weighted by atomic mass is 35.5. The molecule has 1 heterocycles. The zero-order valence-corrected chi connectivity index (χ0v) is 12.6. The molecule has 0 aliphatic carbocycles. The van der Waals surface area contributed by atoms with Gasteiger partial charge >= 0.3 is 0 Å². The van der Waals surface area contributed by atoms with Crippen LogP contribution in [0.25, 0.3) is 0 Å². The van der Waals surface area contributed by atoms with Gasteiger partial charge in [0.2, 0.25) is 0 Å². The van der Waals surface area contributed by atoms with Crippen LogP contribution in [0.4, 0.5) is 4.39 Å². The lowest BCUT2D eigenvalue weighted by Gasteiger charge is -2.12. The van der Waals surface area contributed by atoms with Gasteiger partial charge < -0.3 is 5.32 Å². The number of thiophene rings is 1. The van der Waals surface area contributed by atoms with Crippen molar-refractivity contribution in [1.82, 2.24) is 5.32 Å². The fourth-order valence-corrected chi connectivity index (χ4v) is 3.02. The van der Waals surface area contributed by atoms with E-state index in [1.54, 1.807) is 12.1 Å². The minimum absolute atomic E-state index is 0.177. The smallest absolute Gasteiger partial charge is 0.141 e. The van der Waals surface area contributed by atoms with Gasteiger partial charge in [0.25, 0.3) is 0 Å². The fraction of sp³-hybridized carbons (Fsp3) is 0.333. The number of hydrogen-bond donors (Lipinski definition) is 1. The summed E-state index contributed by atoms with van der Waals surface area (Å²) in [6.45, 7) is 4.98. The van der Waals surface area contributed by atoms with Crippen molar-refractivity contribution in [2.75, 3.05) is 0 Å². The van der Waals surface area contributed by atoms with Gasteiger partial charge in [-0.15, -0.1) is 11.3 Å². The van der Waals surface area contributed by atoms with Crippen molar-refractivity contribution >= 4 is 22.9 Å². The summed E-state index contributed by atoms with van der Waals surface area (Å²) in [6.07, 6.45) is 1.07. The largest absolute Gasteiger partial charge is 0.305 e. The molecule has 19 heavy (non-hydrogen) atoms. The number of benzene rings is 1. The first-order valence-corrected chi connectivity index (χ1v) is 7.55. The van der Waals surface area contributed by atoms with Crippen molar-refractivity contribution in [1.29, 1.82) is 0 Å². The van der Waals surface area contributed by atoms with E-state index in [2.05, 4.69) is 31.3 Å². The maximum atomic E-state index is 13.1. The second-order valence-electron chi connectivity index (χ2n) is 4.51. The molecule has 0 saturated carbocycles. The van der Waals surface area contributed by atoms with Crippen LogP contribution in [0.15, 0.2) is 30.3 Å². The highest BCUT2D eigenvalue weighted by Gasteiger charge is 2.08. The standard InChI is InChI=1S/C15H17ClFNS/c1-3-12-5-7-15(19-12)10(2)18-9-11-4-6-14(17)13(16)8-11/h4-8,10,18H,3,9H2,1-2H3. The van der Waals surface area contributed by atoms with Crippen LogP contribution in [0.2, 0.25) is 5.02 Å². The summed E-state index contributed by atoms with van der Waals surface area (Å²) in [5.41, 5.74) is 0.991. The predicted octanol–water partition coefficient (Wildman–Crippen LogP) is 4.95. The van der Waals surface area contributed by atoms with Crippen LogP contribution >= 0.6 is 22.9 Å². The average molecular weight is 298 g/mol. The Balaban J connectivity index is 1.95. The van der Waals surface area contributed by atoms with Crippen molar-refractivity contribution in [2.24, 2.45) is 0 Å². The van der Waals surface area contributed by atoms with E-state index in [0.29, 0.717) is 6.54 Å². The minimum Gasteiger partial charge on any atom is -0.305 e. The third kappa shape index (κ3) is 3.78. The predicted molar refractivity (Wildman–Crippen MR) is 80.4 cm³/mol. The first-order chi connectivity index (χ1) is 9.10. The van der Waals surface area contributed by atoms with Gasteiger partial charge in [-0.1, -0.05) is 24.6 Å². The normalized spacial score (nSPS) is 12.6. The van der Waals surface area contributed by atoms with Crippen molar-refractivity contribution in [3.8, 4) is 0 Å². The zero-order chi connectivity index (χ0) is 13.8. The molecule has 0 amide bonds. The second-order valence-corrected chi connectivity index (χ2v) is 6.12. The molecule has 0 fully saturated rings. The van der Waals surface area contributed by atoms with Gasteiger partial charge in [0.15, 0.2) is 0 Å². The summed E-state index contributed by atoms with van der Waals surface area (Å²) in [4.78, 5) is 2.72. The van der Waals surface area contributed by atoms with Crippen LogP contribution in [0.5, 0.6) is 0 Å². The summed E-state index contributed by atoms with van der Waals surface area (Å²) < 4.78 is 13.1. The van der Waals surface area contributed by atoms with E-state index in [0.717, 1.165) is 12.0 Å². The van der Waals surface area contributed by atoms with E-state index in [4.69, 9.17) is 11.6 Å². The molecule has 4 heteroatoms. The van der Waals surface area contributed by atoms with Crippen LogP contribution in [-0.2, 0) is 13.0 Å². The van der Waals surface area contributed by atoms with E-state index >= 15 is 0 Å². The van der Waals surface area contributed by atoms with Crippen molar-refractivity contribution < 1.29 is 4.39 Å². The maximum Gasteiger partial charge on any atom is 0.141 e. The van der Waals surface area contributed by atoms with Gasteiger partial charge in [-0.2, -0.15) is 0 Å². The molecule has 1 atom stereocenters. The van der Waals surface area contributed by atoms with E-state index in [1.807, 2.05) is 11.3 Å². The highest BCUT2D eigenvalue weighted by molar-refractivity contribution is 7.12. The molecule has 0 bridgehead atoms. The monoisotopic (exact) mass is 297 g/mol. The van der Waals surface area contributed by atoms with Crippen LogP contribution in [-0.4, -0.2) is 0 Å². The summed E-state index contributed by atoms with van der Waals surface area (Å²) in [6, 6.07) is 9.46. The molecule has 1 aromatic carbocycles. The molecule has 102 valence electrons. The summed E-state index contributed by atoms with van der Waals surface area (Å²) in [5, 5.41) is 3.61. The number of nitrogens with one attached hydrogen (secondary N) is 1. The molecular formula is C15H17ClFNS. The van der Waals surface area contributed by atoms with E-state index < -0.39 is 0 Å². The third-order valence-corrected chi connectivity index (χ3v) is 4.76. The Morgan fingerprint density at radius 2 is 2.11 bits per heavy atom. The Hall–Kier alpha value is -0.900. The molecule has 2 aromatic rings. The average Bonchev–Trinajstić information content (AvgIpc) is 2.88. The molecule has 0 spiro atoms. The number of rotatable bonds is 5. The molecule has 0 saturated heterocycles. The first kappa shape index (κ1) is 14.5. The molecule has 1 unspecified atom stereocenters. The van der Waals surface area contributed by atoms with E-state index in [1.165, 1.54) is 15.8 Å². The molecule has 1 aromatic heterocycles. The zero-order valence-electron chi connectivity index (χ0n) is 11.0. The topological polar surface area (TPSA) is 12.0 Å². The number of halogens is 2. The van der Waals surface area contributed by atoms with Crippen molar-refractivity contribution in [2.45, 2.75) is 32.9 Å². The SMILES string of the molecule is CCc1ccc(C(C)NCc2ccc(F)c(Cl)c2)s1. The minimum atomic E-state index is -0.371. The molecule has 1 nitrogen and oxygen atoms in total. The molecule has 0 radical (unpaired) electrons. The lowest BCUT2D eigenvalue weighted by molar-refractivity contribution is 0.580. The maximum absolute atomic E-state index is 13.1. The van der Waals surface area contributed by atoms with Crippen molar-refractivity contribution in [3.05, 3.63) is 56.5 Å². The number of hydrogen-bond acceptors (Lipinski definition) is 2. The Labute approximate surface area is 122 Å². The van der Waals surface area contributed by atoms with Gasteiger partial charge in [-0.25, -0.2) is 4.39 Å². The van der Waals surface area contributed by atoms with Crippen LogP contribution in [0, 0.1) is 5.82 Å². The van der Waals surface area contributed by atoms with Gasteiger partial charge in [0.05, 0.1) is 5.02 Å². The molecular weight excluding hydrogens is 281 g/mol. The van der Waals surface area contributed by atoms with Crippen LogP contribution < -0.4 is 5.32 Å². The van der Waals surface area contributed by atoms with Crippen LogP contribution in [0.1, 0.15) is 35.2 Å². The van der Waals surface area contributed by atoms with Gasteiger partial charge in [-0.3, -0.25) is 0 Å². The van der Waals surface area contributed by atoms with Gasteiger partial charge in [-0.05, 0) is 43.2 Å². The van der Waals surface area contributed by atoms with Gasteiger partial charge in [0, 0.05) is 22.3 Å². The molecule has 0 aliphatic heterocycles. The molecule has 1 N–H and O–H groups in total. The Bertz CT molecular complexity index is 553. The Morgan fingerprint density at radius 3 is 2.74 bits per heavy atom. The lowest BCUT2D eigenvalue weighted by Crippen LogP contribution is -2.17. The number of aryl methyl sites for hydroxylation is 1. The first-order valence-electron chi connectivity index (χ1n) is 6.36. The highest BCUT2D eigenvalue weighted by Crippen LogP contribution is 2.24. The van der Waals surface area contributed by atoms with Crippen molar-refractivity contribution in [3.63, 3.8) is 0 Å². The summed E-state index contributed by atoms with van der Waals surface area (Å²) in [5.74, 6) is -0.371. The summed E-state index contributed by atoms with van der Waals surface area (Å²) in [7, 11) is 0. The molecule has 2 rings (SSSR count). The Kier molecular flexibility index (Phi) is 4.97. The quantitative estimate of drug-likeness (QED) is 0.823. The van der Waals surface area contributed by atoms with E-state index in [-0.39, 0.29) is 16.9 Å². The summed E-state index contributed by atoms with van der Waals surface area (Å²) >= 11 is 7.60. The molecule has 0 aliphatic rings. The fourth-order valence-electron chi connectivity index (χ4n) is 1.84. The third-order valence-electron chi connectivity index (χ3n) is 3.05. The van der Waals surface area contributed by atoms with Crippen LogP contribution in [0.3, 0.4) is 0 Å².